The minimum Gasteiger partial charge on any atom is -0.303 e. The molecule has 0 spiro atoms. The molecule has 1 N–H and O–H groups in total. The minimum atomic E-state index is -0.260. The van der Waals surface area contributed by atoms with Gasteiger partial charge in [-0.3, -0.25) is 14.5 Å². The van der Waals surface area contributed by atoms with Crippen LogP contribution in [0.5, 0.6) is 0 Å². The molecule has 1 aliphatic heterocycles. The highest BCUT2D eigenvalue weighted by atomic mass is 32.2. The van der Waals surface area contributed by atoms with Gasteiger partial charge in [-0.25, -0.2) is 0 Å². The highest BCUT2D eigenvalue weighted by molar-refractivity contribution is 7.99. The molecule has 3 aliphatic rings. The van der Waals surface area contributed by atoms with E-state index in [1.165, 1.54) is 12.8 Å². The zero-order valence-corrected chi connectivity index (χ0v) is 13.7. The van der Waals surface area contributed by atoms with Crippen LogP contribution in [0.4, 0.5) is 0 Å². The molecule has 0 bridgehead atoms. The quantitative estimate of drug-likeness (QED) is 0.810. The van der Waals surface area contributed by atoms with Crippen LogP contribution in [0.1, 0.15) is 57.8 Å². The first-order valence-corrected chi connectivity index (χ1v) is 9.62. The van der Waals surface area contributed by atoms with Crippen LogP contribution in [0.25, 0.3) is 0 Å². The Morgan fingerprint density at radius 1 is 1.10 bits per heavy atom. The topological polar surface area (TPSA) is 49.4 Å². The second kappa shape index (κ2) is 6.69. The molecule has 0 aromatic heterocycles. The van der Waals surface area contributed by atoms with E-state index in [2.05, 4.69) is 11.6 Å². The van der Waals surface area contributed by atoms with Gasteiger partial charge in [0, 0.05) is 17.3 Å². The van der Waals surface area contributed by atoms with Crippen LogP contribution in [0.2, 0.25) is 0 Å². The maximum Gasteiger partial charge on any atom is 0.247 e. The van der Waals surface area contributed by atoms with Crippen molar-refractivity contribution >= 4 is 23.6 Å². The number of likely N-dealkylation sites (tertiary alicyclic amines) is 1. The standard InChI is InChI=1S/C16H26N2O2S/c1-21-13-8-4-5-11(9-13)17-14-10-15(19)18(16(14)20)12-6-2-3-7-12/h11-14,17H,2-10H2,1H3. The van der Waals surface area contributed by atoms with Gasteiger partial charge in [0.1, 0.15) is 0 Å². The summed E-state index contributed by atoms with van der Waals surface area (Å²) in [5, 5.41) is 4.19. The Bertz CT molecular complexity index is 409. The van der Waals surface area contributed by atoms with Crippen molar-refractivity contribution in [2.45, 2.75) is 81.2 Å². The number of hydrogen-bond donors (Lipinski definition) is 1. The summed E-state index contributed by atoms with van der Waals surface area (Å²) in [4.78, 5) is 26.4. The average Bonchev–Trinajstić information content (AvgIpc) is 3.08. The average molecular weight is 310 g/mol. The number of amides is 2. The first kappa shape index (κ1) is 15.3. The molecule has 0 aromatic rings. The van der Waals surface area contributed by atoms with E-state index in [0.717, 1.165) is 38.5 Å². The minimum absolute atomic E-state index is 0.0400. The van der Waals surface area contributed by atoms with Crippen molar-refractivity contribution in [3.8, 4) is 0 Å². The number of hydrogen-bond acceptors (Lipinski definition) is 4. The highest BCUT2D eigenvalue weighted by Gasteiger charge is 2.43. The molecular formula is C16H26N2O2S. The molecule has 1 heterocycles. The number of carbonyl (C=O) groups excluding carboxylic acids is 2. The van der Waals surface area contributed by atoms with Crippen LogP contribution in [0.15, 0.2) is 0 Å². The van der Waals surface area contributed by atoms with Crippen molar-refractivity contribution < 1.29 is 9.59 Å². The molecule has 3 atom stereocenters. The number of nitrogens with zero attached hydrogens (tertiary/aromatic N) is 1. The second-order valence-electron chi connectivity index (χ2n) is 6.68. The van der Waals surface area contributed by atoms with Crippen molar-refractivity contribution in [2.24, 2.45) is 0 Å². The van der Waals surface area contributed by atoms with Crippen LogP contribution in [0.3, 0.4) is 0 Å². The molecular weight excluding hydrogens is 284 g/mol. The molecule has 2 aliphatic carbocycles. The van der Waals surface area contributed by atoms with Crippen LogP contribution < -0.4 is 5.32 Å². The van der Waals surface area contributed by atoms with Gasteiger partial charge in [0.05, 0.1) is 12.5 Å². The summed E-state index contributed by atoms with van der Waals surface area (Å²) in [5.41, 5.74) is 0. The Morgan fingerprint density at radius 3 is 2.57 bits per heavy atom. The summed E-state index contributed by atoms with van der Waals surface area (Å²) in [6, 6.07) is 0.326. The maximum absolute atomic E-state index is 12.6. The van der Waals surface area contributed by atoms with Gasteiger partial charge in [0.2, 0.25) is 11.8 Å². The summed E-state index contributed by atoms with van der Waals surface area (Å²) in [6.45, 7) is 0. The molecule has 21 heavy (non-hydrogen) atoms. The molecule has 3 fully saturated rings. The zero-order chi connectivity index (χ0) is 14.8. The van der Waals surface area contributed by atoms with E-state index in [9.17, 15) is 9.59 Å². The Morgan fingerprint density at radius 2 is 1.86 bits per heavy atom. The van der Waals surface area contributed by atoms with E-state index < -0.39 is 0 Å². The van der Waals surface area contributed by atoms with Gasteiger partial charge in [-0.05, 0) is 38.4 Å². The fraction of sp³-hybridized carbons (Fsp3) is 0.875. The molecule has 118 valence electrons. The molecule has 5 heteroatoms. The lowest BCUT2D eigenvalue weighted by molar-refractivity contribution is -0.141. The fourth-order valence-corrected chi connectivity index (χ4v) is 4.95. The molecule has 0 radical (unpaired) electrons. The molecule has 2 amide bonds. The molecule has 2 saturated carbocycles. The van der Waals surface area contributed by atoms with Crippen molar-refractivity contribution in [3.63, 3.8) is 0 Å². The van der Waals surface area contributed by atoms with Crippen molar-refractivity contribution in [1.29, 1.82) is 0 Å². The first-order valence-electron chi connectivity index (χ1n) is 8.33. The summed E-state index contributed by atoms with van der Waals surface area (Å²) in [5.74, 6) is 0.0831. The number of imide groups is 1. The van der Waals surface area contributed by atoms with E-state index in [0.29, 0.717) is 17.7 Å². The van der Waals surface area contributed by atoms with Crippen LogP contribution >= 0.6 is 11.8 Å². The highest BCUT2D eigenvalue weighted by Crippen LogP contribution is 2.30. The Kier molecular flexibility index (Phi) is 4.89. The van der Waals surface area contributed by atoms with Crippen molar-refractivity contribution in [1.82, 2.24) is 10.2 Å². The number of nitrogens with one attached hydrogen (secondary N) is 1. The predicted molar refractivity (Wildman–Crippen MR) is 85.2 cm³/mol. The van der Waals surface area contributed by atoms with Gasteiger partial charge in [-0.1, -0.05) is 19.3 Å². The first-order chi connectivity index (χ1) is 10.2. The van der Waals surface area contributed by atoms with E-state index in [1.807, 2.05) is 11.8 Å². The fourth-order valence-electron chi connectivity index (χ4n) is 4.12. The Balaban J connectivity index is 1.59. The maximum atomic E-state index is 12.6. The lowest BCUT2D eigenvalue weighted by Crippen LogP contribution is -2.47. The number of thioether (sulfide) groups is 1. The normalized spacial score (nSPS) is 34.9. The van der Waals surface area contributed by atoms with Crippen LogP contribution in [0, 0.1) is 0 Å². The number of carbonyl (C=O) groups is 2. The summed E-state index contributed by atoms with van der Waals surface area (Å²) in [7, 11) is 0. The van der Waals surface area contributed by atoms with Crippen molar-refractivity contribution in [2.75, 3.05) is 6.26 Å². The Hall–Kier alpha value is -0.550. The lowest BCUT2D eigenvalue weighted by Gasteiger charge is -2.30. The molecule has 4 nitrogen and oxygen atoms in total. The van der Waals surface area contributed by atoms with Gasteiger partial charge in [0.15, 0.2) is 0 Å². The third kappa shape index (κ3) is 3.29. The van der Waals surface area contributed by atoms with E-state index in [1.54, 1.807) is 4.90 Å². The monoisotopic (exact) mass is 310 g/mol. The van der Waals surface area contributed by atoms with Crippen molar-refractivity contribution in [3.05, 3.63) is 0 Å². The summed E-state index contributed by atoms with van der Waals surface area (Å²) < 4.78 is 0. The summed E-state index contributed by atoms with van der Waals surface area (Å²) >= 11 is 1.93. The van der Waals surface area contributed by atoms with Crippen LogP contribution in [-0.2, 0) is 9.59 Å². The van der Waals surface area contributed by atoms with E-state index >= 15 is 0 Å². The largest absolute Gasteiger partial charge is 0.303 e. The molecule has 3 rings (SSSR count). The number of rotatable bonds is 4. The molecule has 0 aromatic carbocycles. The zero-order valence-electron chi connectivity index (χ0n) is 12.8. The Labute approximate surface area is 131 Å². The SMILES string of the molecule is CSC1CCCC(NC2CC(=O)N(C3CCCC3)C2=O)C1. The third-order valence-corrected chi connectivity index (χ3v) is 6.36. The third-order valence-electron chi connectivity index (χ3n) is 5.27. The van der Waals surface area contributed by atoms with Gasteiger partial charge in [-0.15, -0.1) is 0 Å². The van der Waals surface area contributed by atoms with E-state index in [4.69, 9.17) is 0 Å². The smallest absolute Gasteiger partial charge is 0.247 e. The van der Waals surface area contributed by atoms with Crippen LogP contribution in [-0.4, -0.2) is 46.3 Å². The second-order valence-corrected chi connectivity index (χ2v) is 7.82. The van der Waals surface area contributed by atoms with Gasteiger partial charge in [0.25, 0.3) is 0 Å². The van der Waals surface area contributed by atoms with Gasteiger partial charge in [-0.2, -0.15) is 11.8 Å². The molecule has 1 saturated heterocycles. The lowest BCUT2D eigenvalue weighted by atomic mass is 9.94. The summed E-state index contributed by atoms with van der Waals surface area (Å²) in [6.07, 6.45) is 11.6. The van der Waals surface area contributed by atoms with Gasteiger partial charge >= 0.3 is 0 Å². The van der Waals surface area contributed by atoms with Gasteiger partial charge < -0.3 is 5.32 Å². The predicted octanol–water partition coefficient (Wildman–Crippen LogP) is 2.32. The van der Waals surface area contributed by atoms with E-state index in [-0.39, 0.29) is 23.9 Å². The molecule has 3 unspecified atom stereocenters.